The molecule has 3 aliphatic heterocycles. The van der Waals surface area contributed by atoms with Gasteiger partial charge < -0.3 is 14.8 Å². The third-order valence-electron chi connectivity index (χ3n) is 4.23. The van der Waals surface area contributed by atoms with Gasteiger partial charge in [-0.1, -0.05) is 12.2 Å². The molecular formula is C16H22N2O5. The van der Waals surface area contributed by atoms with Gasteiger partial charge in [-0.15, -0.1) is 0 Å². The zero-order valence-electron chi connectivity index (χ0n) is 13.6. The zero-order valence-corrected chi connectivity index (χ0v) is 13.6. The van der Waals surface area contributed by atoms with Crippen LogP contribution in [0.2, 0.25) is 0 Å². The summed E-state index contributed by atoms with van der Waals surface area (Å²) in [6, 6.07) is 0. The van der Waals surface area contributed by atoms with Crippen molar-refractivity contribution in [3.8, 4) is 0 Å². The number of rotatable bonds is 4. The Bertz CT molecular complexity index is 535. The number of fused-ring (bicyclic) bond motifs is 5. The number of alkyl carbamates (subject to hydrolysis) is 1. The lowest BCUT2D eigenvalue weighted by atomic mass is 9.85. The second-order valence-corrected chi connectivity index (χ2v) is 7.11. The Hall–Kier alpha value is -1.89. The van der Waals surface area contributed by atoms with E-state index in [0.717, 1.165) is 0 Å². The first-order valence-corrected chi connectivity index (χ1v) is 7.94. The molecule has 3 aliphatic rings. The van der Waals surface area contributed by atoms with Crippen LogP contribution >= 0.6 is 0 Å². The van der Waals surface area contributed by atoms with Crippen LogP contribution < -0.4 is 5.32 Å². The molecule has 0 aromatic heterocycles. The summed E-state index contributed by atoms with van der Waals surface area (Å²) < 4.78 is 10.7. The molecule has 0 aliphatic carbocycles. The van der Waals surface area contributed by atoms with Crippen LogP contribution in [0.4, 0.5) is 4.79 Å². The van der Waals surface area contributed by atoms with E-state index in [1.54, 1.807) is 20.8 Å². The van der Waals surface area contributed by atoms with Gasteiger partial charge in [-0.25, -0.2) is 4.79 Å². The van der Waals surface area contributed by atoms with E-state index < -0.39 is 11.7 Å². The predicted molar refractivity (Wildman–Crippen MR) is 80.4 cm³/mol. The van der Waals surface area contributed by atoms with Gasteiger partial charge in [0.05, 0.1) is 24.0 Å². The number of likely N-dealkylation sites (tertiary alicyclic amines) is 1. The smallest absolute Gasteiger partial charge is 0.407 e. The standard InChI is InChI=1S/C16H22N2O5/c1-16(2,3)23-15(21)17-7-4-8-18-13(19)11-9-5-6-10(22-9)12(11)14(18)20/h5-6,9-12H,4,7-8H2,1-3H3,(H,17,21). The number of hydrogen-bond acceptors (Lipinski definition) is 5. The van der Waals surface area contributed by atoms with Gasteiger partial charge in [-0.05, 0) is 27.2 Å². The average Bonchev–Trinajstić information content (AvgIpc) is 3.09. The summed E-state index contributed by atoms with van der Waals surface area (Å²) >= 11 is 0. The first-order chi connectivity index (χ1) is 10.8. The molecule has 2 bridgehead atoms. The van der Waals surface area contributed by atoms with E-state index in [1.807, 2.05) is 12.2 Å². The van der Waals surface area contributed by atoms with Gasteiger partial charge in [0.25, 0.3) is 0 Å². The molecule has 0 aromatic carbocycles. The molecule has 0 aromatic rings. The lowest BCUT2D eigenvalue weighted by Crippen LogP contribution is -2.37. The van der Waals surface area contributed by atoms with Crippen molar-refractivity contribution in [3.63, 3.8) is 0 Å². The molecule has 4 atom stereocenters. The molecular weight excluding hydrogens is 300 g/mol. The van der Waals surface area contributed by atoms with Crippen molar-refractivity contribution in [2.24, 2.45) is 11.8 Å². The molecule has 2 saturated heterocycles. The first-order valence-electron chi connectivity index (χ1n) is 7.94. The van der Waals surface area contributed by atoms with Crippen LogP contribution in [-0.2, 0) is 19.1 Å². The zero-order chi connectivity index (χ0) is 16.8. The van der Waals surface area contributed by atoms with E-state index in [0.29, 0.717) is 19.5 Å². The first kappa shape index (κ1) is 16.0. The van der Waals surface area contributed by atoms with Crippen molar-refractivity contribution in [2.75, 3.05) is 13.1 Å². The molecule has 3 amide bonds. The molecule has 0 radical (unpaired) electrons. The average molecular weight is 322 g/mol. The Morgan fingerprint density at radius 2 is 1.78 bits per heavy atom. The number of nitrogens with zero attached hydrogens (tertiary/aromatic N) is 1. The molecule has 2 fully saturated rings. The Balaban J connectivity index is 1.46. The van der Waals surface area contributed by atoms with Crippen molar-refractivity contribution in [2.45, 2.75) is 45.0 Å². The summed E-state index contributed by atoms with van der Waals surface area (Å²) in [6.07, 6.45) is 3.22. The summed E-state index contributed by atoms with van der Waals surface area (Å²) in [5.74, 6) is -1.05. The highest BCUT2D eigenvalue weighted by Gasteiger charge is 2.60. The number of hydrogen-bond donors (Lipinski definition) is 1. The van der Waals surface area contributed by atoms with E-state index in [9.17, 15) is 14.4 Å². The lowest BCUT2D eigenvalue weighted by Gasteiger charge is -2.20. The molecule has 3 heterocycles. The molecule has 23 heavy (non-hydrogen) atoms. The van der Waals surface area contributed by atoms with Crippen LogP contribution in [0, 0.1) is 11.8 Å². The fraction of sp³-hybridized carbons (Fsp3) is 0.688. The van der Waals surface area contributed by atoms with Gasteiger partial charge in [-0.2, -0.15) is 0 Å². The van der Waals surface area contributed by atoms with Crippen molar-refractivity contribution >= 4 is 17.9 Å². The van der Waals surface area contributed by atoms with Gasteiger partial charge in [0.15, 0.2) is 0 Å². The van der Waals surface area contributed by atoms with E-state index in [2.05, 4.69) is 5.32 Å². The molecule has 7 heteroatoms. The minimum absolute atomic E-state index is 0.158. The molecule has 3 rings (SSSR count). The molecule has 1 N–H and O–H groups in total. The van der Waals surface area contributed by atoms with Gasteiger partial charge in [0, 0.05) is 13.1 Å². The fourth-order valence-corrected chi connectivity index (χ4v) is 3.33. The maximum Gasteiger partial charge on any atom is 0.407 e. The predicted octanol–water partition coefficient (Wildman–Crippen LogP) is 0.840. The van der Waals surface area contributed by atoms with Crippen molar-refractivity contribution in [1.82, 2.24) is 10.2 Å². The van der Waals surface area contributed by atoms with Crippen LogP contribution in [0.1, 0.15) is 27.2 Å². The van der Waals surface area contributed by atoms with Crippen molar-refractivity contribution in [1.29, 1.82) is 0 Å². The molecule has 0 spiro atoms. The lowest BCUT2D eigenvalue weighted by molar-refractivity contribution is -0.142. The highest BCUT2D eigenvalue weighted by atomic mass is 16.6. The molecule has 4 unspecified atom stereocenters. The third-order valence-corrected chi connectivity index (χ3v) is 4.23. The largest absolute Gasteiger partial charge is 0.444 e. The van der Waals surface area contributed by atoms with E-state index in [4.69, 9.17) is 9.47 Å². The minimum Gasteiger partial charge on any atom is -0.444 e. The van der Waals surface area contributed by atoms with Crippen molar-refractivity contribution < 1.29 is 23.9 Å². The SMILES string of the molecule is CC(C)(C)OC(=O)NCCCN1C(=O)C2C3C=CC(O3)C2C1=O. The summed E-state index contributed by atoms with van der Waals surface area (Å²) in [5.41, 5.74) is -0.547. The second-order valence-electron chi connectivity index (χ2n) is 7.11. The van der Waals surface area contributed by atoms with Gasteiger partial charge in [0.2, 0.25) is 11.8 Å². The highest BCUT2D eigenvalue weighted by molar-refractivity contribution is 6.06. The molecule has 7 nitrogen and oxygen atoms in total. The van der Waals surface area contributed by atoms with Crippen LogP contribution in [-0.4, -0.2) is 53.7 Å². The monoisotopic (exact) mass is 322 g/mol. The second kappa shape index (κ2) is 5.63. The summed E-state index contributed by atoms with van der Waals surface area (Å²) in [4.78, 5) is 37.6. The number of carbonyl (C=O) groups is 3. The van der Waals surface area contributed by atoms with Crippen LogP contribution in [0.5, 0.6) is 0 Å². The number of imide groups is 1. The Kier molecular flexibility index (Phi) is 3.91. The number of ether oxygens (including phenoxy) is 2. The topological polar surface area (TPSA) is 84.9 Å². The van der Waals surface area contributed by atoms with Crippen LogP contribution in [0.15, 0.2) is 12.2 Å². The summed E-state index contributed by atoms with van der Waals surface area (Å²) in [7, 11) is 0. The summed E-state index contributed by atoms with van der Waals surface area (Å²) in [5, 5.41) is 2.63. The maximum atomic E-state index is 12.4. The van der Waals surface area contributed by atoms with Gasteiger partial charge >= 0.3 is 6.09 Å². The van der Waals surface area contributed by atoms with Crippen LogP contribution in [0.3, 0.4) is 0 Å². The Labute approximate surface area is 135 Å². The number of amides is 3. The van der Waals surface area contributed by atoms with E-state index >= 15 is 0 Å². The third kappa shape index (κ3) is 2.97. The fourth-order valence-electron chi connectivity index (χ4n) is 3.33. The van der Waals surface area contributed by atoms with Gasteiger partial charge in [0.1, 0.15) is 5.60 Å². The van der Waals surface area contributed by atoms with Crippen molar-refractivity contribution in [3.05, 3.63) is 12.2 Å². The van der Waals surface area contributed by atoms with Crippen LogP contribution in [0.25, 0.3) is 0 Å². The number of nitrogens with one attached hydrogen (secondary N) is 1. The Morgan fingerprint density at radius 1 is 1.22 bits per heavy atom. The quantitative estimate of drug-likeness (QED) is 0.471. The Morgan fingerprint density at radius 3 is 2.30 bits per heavy atom. The maximum absolute atomic E-state index is 12.4. The molecule has 0 saturated carbocycles. The minimum atomic E-state index is -0.547. The normalized spacial score (nSPS) is 31.7. The van der Waals surface area contributed by atoms with E-state index in [1.165, 1.54) is 4.90 Å². The number of carbonyl (C=O) groups excluding carboxylic acids is 3. The van der Waals surface area contributed by atoms with E-state index in [-0.39, 0.29) is 35.9 Å². The van der Waals surface area contributed by atoms with Gasteiger partial charge in [-0.3, -0.25) is 14.5 Å². The summed E-state index contributed by atoms with van der Waals surface area (Å²) in [6.45, 7) is 6.02. The molecule has 126 valence electrons. The highest BCUT2D eigenvalue weighted by Crippen LogP contribution is 2.44.